The van der Waals surface area contributed by atoms with Gasteiger partial charge < -0.3 is 4.90 Å². The minimum absolute atomic E-state index is 0.0400. The Morgan fingerprint density at radius 2 is 2.21 bits per heavy atom. The summed E-state index contributed by atoms with van der Waals surface area (Å²) in [5.41, 5.74) is 1.72. The average Bonchev–Trinajstić information content (AvgIpc) is 2.47. The molecular weight excluding hydrogens is 238 g/mol. The number of hydrogen-bond acceptors (Lipinski definition) is 4. The molecule has 0 bridgehead atoms. The van der Waals surface area contributed by atoms with Gasteiger partial charge in [0.15, 0.2) is 5.78 Å². The Morgan fingerprint density at radius 1 is 1.32 bits per heavy atom. The number of carbonyl (C=O) groups is 1. The van der Waals surface area contributed by atoms with Gasteiger partial charge in [0.2, 0.25) is 0 Å². The molecule has 1 aromatic heterocycles. The number of carbonyl (C=O) groups excluding carboxylic acids is 1. The molecule has 0 saturated carbocycles. The van der Waals surface area contributed by atoms with Crippen LogP contribution >= 0.6 is 0 Å². The molecule has 2 aliphatic rings. The third-order valence-electron chi connectivity index (χ3n) is 4.31. The summed E-state index contributed by atoms with van der Waals surface area (Å²) in [5, 5.41) is 0. The summed E-state index contributed by atoms with van der Waals surface area (Å²) >= 11 is 0. The van der Waals surface area contributed by atoms with Gasteiger partial charge in [0.05, 0.1) is 0 Å². The number of ketones is 1. The molecule has 4 nitrogen and oxygen atoms in total. The fourth-order valence-electron chi connectivity index (χ4n) is 3.20. The number of piperidine rings is 1. The molecule has 3 rings (SSSR count). The van der Waals surface area contributed by atoms with Crippen molar-refractivity contribution in [3.05, 3.63) is 24.0 Å². The van der Waals surface area contributed by atoms with E-state index in [-0.39, 0.29) is 5.78 Å². The van der Waals surface area contributed by atoms with Crippen molar-refractivity contribution in [1.29, 1.82) is 0 Å². The highest BCUT2D eigenvalue weighted by molar-refractivity contribution is 5.92. The Balaban J connectivity index is 1.75. The SMILES string of the molecule is CC(=O)c1cc(N2CCN3CCCC[C@H]3C2)ccn1. The molecule has 1 aromatic rings. The minimum atomic E-state index is 0.0400. The van der Waals surface area contributed by atoms with Crippen molar-refractivity contribution in [3.63, 3.8) is 0 Å². The zero-order valence-electron chi connectivity index (χ0n) is 11.5. The van der Waals surface area contributed by atoms with Crippen molar-refractivity contribution in [3.8, 4) is 0 Å². The zero-order chi connectivity index (χ0) is 13.2. The molecule has 0 spiro atoms. The molecule has 2 aliphatic heterocycles. The van der Waals surface area contributed by atoms with E-state index in [1.807, 2.05) is 12.1 Å². The van der Waals surface area contributed by atoms with Gasteiger partial charge in [0, 0.05) is 44.5 Å². The van der Waals surface area contributed by atoms with E-state index in [1.54, 1.807) is 13.1 Å². The van der Waals surface area contributed by atoms with Gasteiger partial charge in [-0.2, -0.15) is 0 Å². The molecule has 0 radical (unpaired) electrons. The quantitative estimate of drug-likeness (QED) is 0.761. The maximum absolute atomic E-state index is 11.4. The fourth-order valence-corrected chi connectivity index (χ4v) is 3.20. The van der Waals surface area contributed by atoms with Crippen molar-refractivity contribution in [1.82, 2.24) is 9.88 Å². The number of nitrogens with zero attached hydrogens (tertiary/aromatic N) is 3. The van der Waals surface area contributed by atoms with Crippen LogP contribution in [0.4, 0.5) is 5.69 Å². The lowest BCUT2D eigenvalue weighted by Gasteiger charge is -2.44. The number of anilines is 1. The third-order valence-corrected chi connectivity index (χ3v) is 4.31. The number of hydrogen-bond donors (Lipinski definition) is 0. The van der Waals surface area contributed by atoms with Crippen molar-refractivity contribution in [2.24, 2.45) is 0 Å². The second-order valence-corrected chi connectivity index (χ2v) is 5.59. The summed E-state index contributed by atoms with van der Waals surface area (Å²) in [4.78, 5) is 20.6. The van der Waals surface area contributed by atoms with Crippen LogP contribution in [0.3, 0.4) is 0 Å². The van der Waals surface area contributed by atoms with E-state index in [4.69, 9.17) is 0 Å². The van der Waals surface area contributed by atoms with Gasteiger partial charge in [-0.15, -0.1) is 0 Å². The first-order valence-corrected chi connectivity index (χ1v) is 7.20. The highest BCUT2D eigenvalue weighted by Crippen LogP contribution is 2.25. The Morgan fingerprint density at radius 3 is 3.05 bits per heavy atom. The van der Waals surface area contributed by atoms with E-state index in [2.05, 4.69) is 14.8 Å². The molecule has 19 heavy (non-hydrogen) atoms. The van der Waals surface area contributed by atoms with E-state index in [0.717, 1.165) is 25.3 Å². The largest absolute Gasteiger partial charge is 0.369 e. The zero-order valence-corrected chi connectivity index (χ0v) is 11.5. The van der Waals surface area contributed by atoms with Crippen LogP contribution in [-0.4, -0.2) is 47.9 Å². The number of rotatable bonds is 2. The Hall–Kier alpha value is -1.42. The lowest BCUT2D eigenvalue weighted by atomic mass is 9.99. The maximum Gasteiger partial charge on any atom is 0.178 e. The fraction of sp³-hybridized carbons (Fsp3) is 0.600. The predicted molar refractivity (Wildman–Crippen MR) is 75.7 cm³/mol. The highest BCUT2D eigenvalue weighted by Gasteiger charge is 2.29. The molecule has 2 fully saturated rings. The summed E-state index contributed by atoms with van der Waals surface area (Å²) < 4.78 is 0. The highest BCUT2D eigenvalue weighted by atomic mass is 16.1. The van der Waals surface area contributed by atoms with E-state index < -0.39 is 0 Å². The third kappa shape index (κ3) is 2.63. The van der Waals surface area contributed by atoms with Gasteiger partial charge in [0.1, 0.15) is 5.69 Å². The van der Waals surface area contributed by atoms with Gasteiger partial charge in [-0.25, -0.2) is 0 Å². The summed E-state index contributed by atoms with van der Waals surface area (Å²) in [6.45, 7) is 6.11. The maximum atomic E-state index is 11.4. The van der Waals surface area contributed by atoms with Crippen molar-refractivity contribution >= 4 is 11.5 Å². The van der Waals surface area contributed by atoms with Gasteiger partial charge in [-0.05, 0) is 31.5 Å². The first-order chi connectivity index (χ1) is 9.24. The lowest BCUT2D eigenvalue weighted by molar-refractivity contribution is 0.101. The van der Waals surface area contributed by atoms with E-state index in [9.17, 15) is 4.79 Å². The van der Waals surface area contributed by atoms with Gasteiger partial charge in [0.25, 0.3) is 0 Å². The summed E-state index contributed by atoms with van der Waals surface area (Å²) in [5.74, 6) is 0.0400. The van der Waals surface area contributed by atoms with Gasteiger partial charge >= 0.3 is 0 Å². The molecule has 3 heterocycles. The average molecular weight is 259 g/mol. The Bertz CT molecular complexity index is 474. The van der Waals surface area contributed by atoms with Crippen molar-refractivity contribution < 1.29 is 4.79 Å². The number of Topliss-reactive ketones (excluding diaryl/α,β-unsaturated/α-hetero) is 1. The molecular formula is C15H21N3O. The standard InChI is InChI=1S/C15H21N3O/c1-12(19)15-10-13(5-6-16-15)18-9-8-17-7-3-2-4-14(17)11-18/h5-6,10,14H,2-4,7-9,11H2,1H3/t14-/m0/s1. The van der Waals surface area contributed by atoms with Crippen LogP contribution in [0.2, 0.25) is 0 Å². The minimum Gasteiger partial charge on any atom is -0.369 e. The summed E-state index contributed by atoms with van der Waals surface area (Å²) in [7, 11) is 0. The normalized spacial score (nSPS) is 24.1. The van der Waals surface area contributed by atoms with Crippen molar-refractivity contribution in [2.45, 2.75) is 32.2 Å². The Kier molecular flexibility index (Phi) is 3.51. The topological polar surface area (TPSA) is 36.4 Å². The molecule has 0 aromatic carbocycles. The molecule has 0 N–H and O–H groups in total. The van der Waals surface area contributed by atoms with E-state index >= 15 is 0 Å². The van der Waals surface area contributed by atoms with Crippen LogP contribution < -0.4 is 4.90 Å². The van der Waals surface area contributed by atoms with Crippen LogP contribution in [0.5, 0.6) is 0 Å². The Labute approximate surface area is 114 Å². The number of pyridine rings is 1. The molecule has 1 atom stereocenters. The number of aromatic nitrogens is 1. The van der Waals surface area contributed by atoms with Crippen LogP contribution in [0.15, 0.2) is 18.3 Å². The summed E-state index contributed by atoms with van der Waals surface area (Å²) in [6, 6.07) is 4.64. The first-order valence-electron chi connectivity index (χ1n) is 7.20. The lowest BCUT2D eigenvalue weighted by Crippen LogP contribution is -2.54. The monoisotopic (exact) mass is 259 g/mol. The summed E-state index contributed by atoms with van der Waals surface area (Å²) in [6.07, 6.45) is 5.75. The number of fused-ring (bicyclic) bond motifs is 1. The van der Waals surface area contributed by atoms with Crippen LogP contribution in [-0.2, 0) is 0 Å². The second kappa shape index (κ2) is 5.29. The van der Waals surface area contributed by atoms with Gasteiger partial charge in [-0.3, -0.25) is 14.7 Å². The van der Waals surface area contributed by atoms with Crippen LogP contribution in [0.1, 0.15) is 36.7 Å². The number of piperazine rings is 1. The van der Waals surface area contributed by atoms with Gasteiger partial charge in [-0.1, -0.05) is 6.42 Å². The van der Waals surface area contributed by atoms with E-state index in [0.29, 0.717) is 11.7 Å². The van der Waals surface area contributed by atoms with Crippen LogP contribution in [0.25, 0.3) is 0 Å². The molecule has 102 valence electrons. The molecule has 2 saturated heterocycles. The predicted octanol–water partition coefficient (Wildman–Crippen LogP) is 1.96. The van der Waals surface area contributed by atoms with Crippen LogP contribution in [0, 0.1) is 0 Å². The second-order valence-electron chi connectivity index (χ2n) is 5.59. The first kappa shape index (κ1) is 12.6. The molecule has 4 heteroatoms. The van der Waals surface area contributed by atoms with E-state index in [1.165, 1.54) is 25.8 Å². The van der Waals surface area contributed by atoms with Crippen molar-refractivity contribution in [2.75, 3.05) is 31.1 Å². The smallest absolute Gasteiger partial charge is 0.178 e. The molecule has 0 aliphatic carbocycles. The molecule has 0 unspecified atom stereocenters. The molecule has 0 amide bonds.